The Hall–Kier alpha value is 0.104. The number of hydrogen-bond donors (Lipinski definition) is 1. The molecule has 1 N–H and O–H groups in total. The van der Waals surface area contributed by atoms with Gasteiger partial charge >= 0.3 is 17.6 Å². The van der Waals surface area contributed by atoms with Crippen LogP contribution in [0.4, 0.5) is 0 Å². The normalized spacial score (nSPS) is 15.4. The topological polar surface area (TPSA) is 57.2 Å². The summed E-state index contributed by atoms with van der Waals surface area (Å²) in [6.07, 6.45) is 0. The van der Waals surface area contributed by atoms with Crippen LogP contribution in [0.15, 0.2) is 30.3 Å². The van der Waals surface area contributed by atoms with E-state index in [0.29, 0.717) is 0 Å². The van der Waals surface area contributed by atoms with Crippen LogP contribution in [0.2, 0.25) is 45.8 Å². The Balaban J connectivity index is 3.26. The summed E-state index contributed by atoms with van der Waals surface area (Å²) in [5.74, 6) is 0. The molecule has 23 heavy (non-hydrogen) atoms. The van der Waals surface area contributed by atoms with E-state index in [-0.39, 0.29) is 0 Å². The van der Waals surface area contributed by atoms with Crippen LogP contribution in [0, 0.1) is 0 Å². The first-order valence-corrected chi connectivity index (χ1v) is 20.4. The highest BCUT2D eigenvalue weighted by Crippen LogP contribution is 2.20. The van der Waals surface area contributed by atoms with E-state index in [2.05, 4.69) is 26.2 Å². The van der Waals surface area contributed by atoms with Gasteiger partial charge in [0.2, 0.25) is 0 Å². The lowest BCUT2D eigenvalue weighted by atomic mass is 10.4. The molecule has 1 rings (SSSR count). The van der Waals surface area contributed by atoms with Gasteiger partial charge in [0.1, 0.15) is 0 Å². The molecule has 1 aromatic carbocycles. The van der Waals surface area contributed by atoms with E-state index in [1.807, 2.05) is 43.4 Å². The van der Waals surface area contributed by atoms with Gasteiger partial charge in [0.25, 0.3) is 0 Å². The third kappa shape index (κ3) is 7.25. The van der Waals surface area contributed by atoms with Gasteiger partial charge in [-0.05, 0) is 39.3 Å². The van der Waals surface area contributed by atoms with E-state index >= 15 is 0 Å². The van der Waals surface area contributed by atoms with Gasteiger partial charge in [-0.2, -0.15) is 0 Å². The summed E-state index contributed by atoms with van der Waals surface area (Å²) >= 11 is 0. The molecule has 0 aliphatic carbocycles. The molecule has 0 saturated heterocycles. The van der Waals surface area contributed by atoms with Crippen molar-refractivity contribution in [2.24, 2.45) is 0 Å². The Morgan fingerprint density at radius 1 is 0.783 bits per heavy atom. The Bertz CT molecular complexity index is 459. The Labute approximate surface area is 147 Å². The maximum atomic E-state index is 10.7. The Morgan fingerprint density at radius 3 is 1.61 bits per heavy atom. The van der Waals surface area contributed by atoms with E-state index < -0.39 is 44.7 Å². The second kappa shape index (κ2) is 8.98. The van der Waals surface area contributed by atoms with Crippen molar-refractivity contribution >= 4 is 49.9 Å². The van der Waals surface area contributed by atoms with Gasteiger partial charge in [0, 0.05) is 11.7 Å². The molecule has 0 radical (unpaired) electrons. The molecule has 5 nitrogen and oxygen atoms in total. The molecule has 10 heteroatoms. The second-order valence-corrected chi connectivity index (χ2v) is 19.8. The van der Waals surface area contributed by atoms with E-state index in [4.69, 9.17) is 16.5 Å². The zero-order valence-corrected chi connectivity index (χ0v) is 20.7. The van der Waals surface area contributed by atoms with E-state index in [9.17, 15) is 4.80 Å². The molecular formula is C13H30O5Si5. The fourth-order valence-corrected chi connectivity index (χ4v) is 17.5. The van der Waals surface area contributed by atoms with E-state index in [0.717, 1.165) is 5.19 Å². The van der Waals surface area contributed by atoms with Crippen molar-refractivity contribution in [2.45, 2.75) is 45.8 Å². The smallest absolute Gasteiger partial charge is 0.419 e. The molecule has 1 unspecified atom stereocenters. The van der Waals surface area contributed by atoms with Crippen molar-refractivity contribution < 1.29 is 21.3 Å². The predicted molar refractivity (Wildman–Crippen MR) is 107 cm³/mol. The third-order valence-electron chi connectivity index (χ3n) is 2.69. The molecule has 1 atom stereocenters. The van der Waals surface area contributed by atoms with Crippen LogP contribution in [0.25, 0.3) is 0 Å². The molecule has 0 saturated carbocycles. The third-order valence-corrected chi connectivity index (χ3v) is 16.2. The van der Waals surface area contributed by atoms with Gasteiger partial charge in [-0.15, -0.1) is 0 Å². The summed E-state index contributed by atoms with van der Waals surface area (Å²) in [7, 11) is -10.8. The summed E-state index contributed by atoms with van der Waals surface area (Å²) < 4.78 is 24.7. The summed E-state index contributed by atoms with van der Waals surface area (Å²) in [5, 5.41) is 0.907. The first-order valence-electron chi connectivity index (χ1n) is 8.08. The highest BCUT2D eigenvalue weighted by molar-refractivity contribution is 6.90. The van der Waals surface area contributed by atoms with Gasteiger partial charge in [-0.3, -0.25) is 0 Å². The maximum Gasteiger partial charge on any atom is 0.508 e. The largest absolute Gasteiger partial charge is 0.508 e. The molecule has 132 valence electrons. The van der Waals surface area contributed by atoms with Crippen LogP contribution < -0.4 is 5.19 Å². The van der Waals surface area contributed by atoms with Crippen molar-refractivity contribution in [2.75, 3.05) is 0 Å². The Morgan fingerprint density at radius 2 is 1.22 bits per heavy atom. The molecule has 0 heterocycles. The standard InChI is InChI=1S/C13H30O5Si5/c1-19(2)15-22(7,14)18-23(16-20(3)4,17-21(5)6)13-11-9-8-10-12-13/h8-12,14,19-21H,1-7H3. The molecule has 0 bridgehead atoms. The zero-order chi connectivity index (χ0) is 17.7. The summed E-state index contributed by atoms with van der Waals surface area (Å²) in [6.45, 7) is 14.1. The van der Waals surface area contributed by atoms with Crippen LogP contribution in [0.5, 0.6) is 0 Å². The number of rotatable bonds is 9. The van der Waals surface area contributed by atoms with Crippen molar-refractivity contribution in [3.05, 3.63) is 30.3 Å². The fourth-order valence-electron chi connectivity index (χ4n) is 2.24. The first-order chi connectivity index (χ1) is 10.6. The summed E-state index contributed by atoms with van der Waals surface area (Å²) in [5.41, 5.74) is 0. The van der Waals surface area contributed by atoms with Crippen molar-refractivity contribution in [1.82, 2.24) is 0 Å². The molecule has 1 aromatic rings. The van der Waals surface area contributed by atoms with Crippen molar-refractivity contribution in [3.8, 4) is 0 Å². The van der Waals surface area contributed by atoms with Gasteiger partial charge in [-0.1, -0.05) is 30.3 Å². The highest BCUT2D eigenvalue weighted by Gasteiger charge is 2.52. The fraction of sp³-hybridized carbons (Fsp3) is 0.538. The van der Waals surface area contributed by atoms with Gasteiger partial charge < -0.3 is 21.3 Å². The van der Waals surface area contributed by atoms with Gasteiger partial charge in [0.05, 0.1) is 0 Å². The van der Waals surface area contributed by atoms with E-state index in [1.165, 1.54) is 0 Å². The van der Waals surface area contributed by atoms with Crippen LogP contribution in [-0.2, 0) is 16.5 Å². The SMILES string of the molecule is C[SiH](C)O[Si](C)(O)O[Si](O[SiH](C)C)(O[SiH](C)C)c1ccccc1. The van der Waals surface area contributed by atoms with Crippen LogP contribution in [0.3, 0.4) is 0 Å². The summed E-state index contributed by atoms with van der Waals surface area (Å²) in [4.78, 5) is 10.7. The van der Waals surface area contributed by atoms with Crippen LogP contribution in [0.1, 0.15) is 0 Å². The van der Waals surface area contributed by atoms with Gasteiger partial charge in [0.15, 0.2) is 27.1 Å². The Kier molecular flexibility index (Phi) is 8.26. The zero-order valence-electron chi connectivity index (χ0n) is 15.2. The minimum Gasteiger partial charge on any atom is -0.419 e. The first kappa shape index (κ1) is 21.1. The lowest BCUT2D eigenvalue weighted by molar-refractivity contribution is 0.193. The second-order valence-electron chi connectivity index (χ2n) is 6.42. The predicted octanol–water partition coefficient (Wildman–Crippen LogP) is 1.41. The summed E-state index contributed by atoms with van der Waals surface area (Å²) in [6, 6.07) is 9.79. The van der Waals surface area contributed by atoms with Crippen LogP contribution >= 0.6 is 0 Å². The lowest BCUT2D eigenvalue weighted by Gasteiger charge is -2.38. The molecule has 0 fully saturated rings. The average molecular weight is 407 g/mol. The molecule has 0 aliphatic rings. The lowest BCUT2D eigenvalue weighted by Crippen LogP contribution is -2.66. The maximum absolute atomic E-state index is 10.7. The quantitative estimate of drug-likeness (QED) is 0.628. The number of hydrogen-bond acceptors (Lipinski definition) is 5. The van der Waals surface area contributed by atoms with Crippen molar-refractivity contribution in [1.29, 1.82) is 0 Å². The minimum absolute atomic E-state index is 0.907. The molecule has 0 aromatic heterocycles. The molecule has 0 amide bonds. The molecule has 0 aliphatic heterocycles. The minimum atomic E-state index is -3.30. The monoisotopic (exact) mass is 406 g/mol. The van der Waals surface area contributed by atoms with Gasteiger partial charge in [-0.25, -0.2) is 0 Å². The molecular weight excluding hydrogens is 377 g/mol. The molecule has 0 spiro atoms. The van der Waals surface area contributed by atoms with Crippen molar-refractivity contribution in [3.63, 3.8) is 0 Å². The number of benzene rings is 1. The van der Waals surface area contributed by atoms with E-state index in [1.54, 1.807) is 6.55 Å². The van der Waals surface area contributed by atoms with Crippen LogP contribution in [-0.4, -0.2) is 49.5 Å². The average Bonchev–Trinajstić information content (AvgIpc) is 2.35. The highest BCUT2D eigenvalue weighted by atomic mass is 28.5.